The first kappa shape index (κ1) is 17.8. The van der Waals surface area contributed by atoms with Crippen molar-refractivity contribution in [1.29, 1.82) is 0 Å². The quantitative estimate of drug-likeness (QED) is 0.736. The van der Waals surface area contributed by atoms with Gasteiger partial charge in [-0.3, -0.25) is 9.59 Å². The maximum absolute atomic E-state index is 12.4. The molecule has 3 aromatic rings. The molecule has 1 aliphatic rings. The first-order valence-electron chi connectivity index (χ1n) is 8.95. The zero-order valence-corrected chi connectivity index (χ0v) is 15.3. The fourth-order valence-corrected chi connectivity index (χ4v) is 2.91. The molecule has 0 aliphatic carbocycles. The minimum Gasteiger partial charge on any atom is -0.457 e. The van der Waals surface area contributed by atoms with Crippen LogP contribution in [0, 0.1) is 12.8 Å². The molecule has 2 aromatic carbocycles. The second-order valence-corrected chi connectivity index (χ2v) is 6.66. The molecule has 0 spiro atoms. The lowest BCUT2D eigenvalue weighted by molar-refractivity contribution is -0.123. The summed E-state index contributed by atoms with van der Waals surface area (Å²) >= 11 is 0. The number of ether oxygens (including phenoxy) is 1. The van der Waals surface area contributed by atoms with Crippen molar-refractivity contribution in [3.05, 3.63) is 72.1 Å². The van der Waals surface area contributed by atoms with E-state index in [1.807, 2.05) is 30.3 Å². The van der Waals surface area contributed by atoms with Gasteiger partial charge < -0.3 is 19.5 Å². The Labute approximate surface area is 161 Å². The van der Waals surface area contributed by atoms with E-state index >= 15 is 0 Å². The summed E-state index contributed by atoms with van der Waals surface area (Å²) < 4.78 is 10.6. The van der Waals surface area contributed by atoms with Gasteiger partial charge in [0.15, 0.2) is 5.69 Å². The van der Waals surface area contributed by atoms with Crippen molar-refractivity contribution in [2.24, 2.45) is 5.92 Å². The molecule has 2 heterocycles. The first-order valence-corrected chi connectivity index (χ1v) is 8.95. The number of benzene rings is 2. The normalized spacial score (nSPS) is 13.7. The Morgan fingerprint density at radius 1 is 1.07 bits per heavy atom. The lowest BCUT2D eigenvalue weighted by Gasteiger charge is -2.37. The van der Waals surface area contributed by atoms with E-state index < -0.39 is 0 Å². The van der Waals surface area contributed by atoms with Crippen molar-refractivity contribution < 1.29 is 18.8 Å². The van der Waals surface area contributed by atoms with Gasteiger partial charge >= 0.3 is 0 Å². The van der Waals surface area contributed by atoms with E-state index in [-0.39, 0.29) is 23.4 Å². The number of hydrogen-bond acceptors (Lipinski definition) is 5. The monoisotopic (exact) mass is 377 g/mol. The Morgan fingerprint density at radius 2 is 1.75 bits per heavy atom. The van der Waals surface area contributed by atoms with Crippen molar-refractivity contribution in [3.8, 4) is 11.5 Å². The molecule has 0 atom stereocenters. The van der Waals surface area contributed by atoms with E-state index in [9.17, 15) is 9.59 Å². The first-order chi connectivity index (χ1) is 13.6. The Kier molecular flexibility index (Phi) is 4.80. The molecular weight excluding hydrogens is 358 g/mol. The van der Waals surface area contributed by atoms with E-state index in [0.29, 0.717) is 30.3 Å². The van der Waals surface area contributed by atoms with E-state index in [2.05, 4.69) is 10.5 Å². The Balaban J connectivity index is 1.28. The minimum absolute atomic E-state index is 0.114. The highest BCUT2D eigenvalue weighted by Gasteiger charge is 2.37. The van der Waals surface area contributed by atoms with Crippen LogP contribution in [0.1, 0.15) is 16.2 Å². The number of nitrogens with one attached hydrogen (secondary N) is 1. The summed E-state index contributed by atoms with van der Waals surface area (Å²) in [5.74, 6) is 1.45. The van der Waals surface area contributed by atoms with E-state index in [4.69, 9.17) is 9.26 Å². The van der Waals surface area contributed by atoms with Gasteiger partial charge in [-0.2, -0.15) is 0 Å². The number of aryl methyl sites for hydroxylation is 1. The predicted octanol–water partition coefficient (Wildman–Crippen LogP) is 3.49. The molecule has 1 aromatic heterocycles. The number of carbonyl (C=O) groups is 2. The lowest BCUT2D eigenvalue weighted by atomic mass is 9.98. The van der Waals surface area contributed by atoms with Crippen LogP contribution in [0.4, 0.5) is 5.69 Å². The highest BCUT2D eigenvalue weighted by atomic mass is 16.5. The molecule has 1 fully saturated rings. The van der Waals surface area contributed by atoms with Gasteiger partial charge in [0.2, 0.25) is 5.91 Å². The van der Waals surface area contributed by atoms with Crippen LogP contribution >= 0.6 is 0 Å². The van der Waals surface area contributed by atoms with Gasteiger partial charge in [0.1, 0.15) is 17.3 Å². The van der Waals surface area contributed by atoms with Crippen LogP contribution in [-0.4, -0.2) is 35.0 Å². The highest BCUT2D eigenvalue weighted by molar-refractivity contribution is 5.97. The van der Waals surface area contributed by atoms with Gasteiger partial charge in [-0.25, -0.2) is 0 Å². The average Bonchev–Trinajstić information content (AvgIpc) is 3.09. The third kappa shape index (κ3) is 3.88. The number of rotatable bonds is 5. The van der Waals surface area contributed by atoms with Crippen molar-refractivity contribution >= 4 is 17.5 Å². The number of amides is 2. The van der Waals surface area contributed by atoms with Gasteiger partial charge in [0, 0.05) is 24.8 Å². The van der Waals surface area contributed by atoms with Crippen LogP contribution in [0.15, 0.2) is 65.2 Å². The SMILES string of the molecule is Cc1cc(C(=O)N2CC(C(=O)Nc3ccc(Oc4ccccc4)cc3)C2)no1. The molecule has 28 heavy (non-hydrogen) atoms. The minimum atomic E-state index is -0.239. The van der Waals surface area contributed by atoms with Gasteiger partial charge in [-0.1, -0.05) is 23.4 Å². The average molecular weight is 377 g/mol. The zero-order valence-electron chi connectivity index (χ0n) is 15.3. The third-order valence-electron chi connectivity index (χ3n) is 4.49. The van der Waals surface area contributed by atoms with Crippen molar-refractivity contribution in [3.63, 3.8) is 0 Å². The largest absolute Gasteiger partial charge is 0.457 e. The van der Waals surface area contributed by atoms with Gasteiger partial charge in [0.25, 0.3) is 5.91 Å². The molecule has 0 saturated carbocycles. The van der Waals surface area contributed by atoms with E-state index in [0.717, 1.165) is 5.75 Å². The van der Waals surface area contributed by atoms with Crippen molar-refractivity contribution in [2.45, 2.75) is 6.92 Å². The van der Waals surface area contributed by atoms with Crippen LogP contribution in [0.25, 0.3) is 0 Å². The Hall–Kier alpha value is -3.61. The lowest BCUT2D eigenvalue weighted by Crippen LogP contribution is -2.54. The van der Waals surface area contributed by atoms with Gasteiger partial charge in [-0.05, 0) is 43.3 Å². The molecular formula is C21H19N3O4. The molecule has 4 rings (SSSR count). The molecule has 1 N–H and O–H groups in total. The third-order valence-corrected chi connectivity index (χ3v) is 4.49. The van der Waals surface area contributed by atoms with Crippen LogP contribution < -0.4 is 10.1 Å². The Morgan fingerprint density at radius 3 is 2.39 bits per heavy atom. The zero-order chi connectivity index (χ0) is 19.5. The number of likely N-dealkylation sites (tertiary alicyclic amines) is 1. The molecule has 2 amide bonds. The molecule has 0 bridgehead atoms. The summed E-state index contributed by atoms with van der Waals surface area (Å²) in [4.78, 5) is 26.2. The summed E-state index contributed by atoms with van der Waals surface area (Å²) in [5.41, 5.74) is 0.952. The van der Waals surface area contributed by atoms with Gasteiger partial charge in [-0.15, -0.1) is 0 Å². The summed E-state index contributed by atoms with van der Waals surface area (Å²) in [5, 5.41) is 6.59. The molecule has 0 unspecified atom stereocenters. The highest BCUT2D eigenvalue weighted by Crippen LogP contribution is 2.24. The predicted molar refractivity (Wildman–Crippen MR) is 102 cm³/mol. The Bertz CT molecular complexity index is 976. The number of para-hydroxylation sites is 1. The van der Waals surface area contributed by atoms with Gasteiger partial charge in [0.05, 0.1) is 5.92 Å². The molecule has 142 valence electrons. The summed E-state index contributed by atoms with van der Waals surface area (Å²) in [6, 6.07) is 18.2. The van der Waals surface area contributed by atoms with Crippen LogP contribution in [0.5, 0.6) is 11.5 Å². The number of hydrogen-bond donors (Lipinski definition) is 1. The molecule has 7 heteroatoms. The van der Waals surface area contributed by atoms with Crippen LogP contribution in [-0.2, 0) is 4.79 Å². The van der Waals surface area contributed by atoms with Crippen molar-refractivity contribution in [1.82, 2.24) is 10.1 Å². The maximum Gasteiger partial charge on any atom is 0.276 e. The van der Waals surface area contributed by atoms with Crippen molar-refractivity contribution in [2.75, 3.05) is 18.4 Å². The smallest absolute Gasteiger partial charge is 0.276 e. The molecule has 0 radical (unpaired) electrons. The van der Waals surface area contributed by atoms with E-state index in [1.54, 1.807) is 42.2 Å². The van der Waals surface area contributed by atoms with Crippen LogP contribution in [0.2, 0.25) is 0 Å². The van der Waals surface area contributed by atoms with E-state index in [1.165, 1.54) is 0 Å². The number of carbonyl (C=O) groups excluding carboxylic acids is 2. The fraction of sp³-hybridized carbons (Fsp3) is 0.190. The number of aromatic nitrogens is 1. The summed E-state index contributed by atoms with van der Waals surface area (Å²) in [7, 11) is 0. The molecule has 1 saturated heterocycles. The topological polar surface area (TPSA) is 84.7 Å². The second-order valence-electron chi connectivity index (χ2n) is 6.66. The maximum atomic E-state index is 12.4. The second kappa shape index (κ2) is 7.56. The molecule has 1 aliphatic heterocycles. The standard InChI is InChI=1S/C21H19N3O4/c1-14-11-19(23-28-14)21(26)24-12-15(13-24)20(25)22-16-7-9-18(10-8-16)27-17-5-3-2-4-6-17/h2-11,15H,12-13H2,1H3,(H,22,25). The number of nitrogens with zero attached hydrogens (tertiary/aromatic N) is 2. The summed E-state index contributed by atoms with van der Waals surface area (Å²) in [6.07, 6.45) is 0. The number of anilines is 1. The summed E-state index contributed by atoms with van der Waals surface area (Å²) in [6.45, 7) is 2.46. The van der Waals surface area contributed by atoms with Crippen LogP contribution in [0.3, 0.4) is 0 Å². The fourth-order valence-electron chi connectivity index (χ4n) is 2.91. The molecule has 7 nitrogen and oxygen atoms in total.